The number of carbonyl (C=O) groups excluding carboxylic acids is 3. The highest BCUT2D eigenvalue weighted by molar-refractivity contribution is 6.02. The molecular formula is C22H29N3O4. The van der Waals surface area contributed by atoms with E-state index in [-0.39, 0.29) is 47.1 Å². The molecule has 1 spiro atoms. The van der Waals surface area contributed by atoms with Crippen LogP contribution in [0.15, 0.2) is 0 Å². The number of likely N-dealkylation sites (tertiary alicyclic amines) is 1. The molecule has 29 heavy (non-hydrogen) atoms. The first-order valence-electron chi connectivity index (χ1n) is 10.8. The summed E-state index contributed by atoms with van der Waals surface area (Å²) < 4.78 is 6.42. The summed E-state index contributed by atoms with van der Waals surface area (Å²) >= 11 is 0. The lowest BCUT2D eigenvalue weighted by molar-refractivity contribution is -0.122. The number of ketones is 1. The number of hydrogen-bond acceptors (Lipinski definition) is 4. The number of hydrogen-bond donors (Lipinski definition) is 2. The zero-order valence-electron chi connectivity index (χ0n) is 17.3. The predicted octanol–water partition coefficient (Wildman–Crippen LogP) is 1.98. The van der Waals surface area contributed by atoms with E-state index in [2.05, 4.69) is 10.3 Å². The van der Waals surface area contributed by atoms with Gasteiger partial charge in [-0.3, -0.25) is 14.4 Å². The predicted molar refractivity (Wildman–Crippen MR) is 106 cm³/mol. The summed E-state index contributed by atoms with van der Waals surface area (Å²) in [5.74, 6) is 0.820. The average Bonchev–Trinajstić information content (AvgIpc) is 3.11. The van der Waals surface area contributed by atoms with Crippen LogP contribution in [0, 0.1) is 31.6 Å². The van der Waals surface area contributed by atoms with Gasteiger partial charge in [0, 0.05) is 43.5 Å². The van der Waals surface area contributed by atoms with Gasteiger partial charge in [0.2, 0.25) is 5.91 Å². The fourth-order valence-corrected chi connectivity index (χ4v) is 5.91. The van der Waals surface area contributed by atoms with Crippen LogP contribution >= 0.6 is 0 Å². The summed E-state index contributed by atoms with van der Waals surface area (Å²) in [6, 6.07) is 0. The van der Waals surface area contributed by atoms with E-state index < -0.39 is 0 Å². The quantitative estimate of drug-likeness (QED) is 0.741. The molecule has 2 N–H and O–H groups in total. The van der Waals surface area contributed by atoms with E-state index in [4.69, 9.17) is 4.74 Å². The van der Waals surface area contributed by atoms with Gasteiger partial charge in [0.15, 0.2) is 5.78 Å². The number of aromatic nitrogens is 1. The van der Waals surface area contributed by atoms with Crippen LogP contribution in [0.1, 0.15) is 64.7 Å². The number of carbonyl (C=O) groups is 3. The van der Waals surface area contributed by atoms with Crippen LogP contribution in [-0.2, 0) is 9.53 Å². The fraction of sp³-hybridized carbons (Fsp3) is 0.682. The summed E-state index contributed by atoms with van der Waals surface area (Å²) in [4.78, 5) is 42.3. The topological polar surface area (TPSA) is 91.5 Å². The summed E-state index contributed by atoms with van der Waals surface area (Å²) in [6.07, 6.45) is 4.17. The van der Waals surface area contributed by atoms with Gasteiger partial charge >= 0.3 is 0 Å². The number of rotatable bonds is 5. The molecule has 1 saturated carbocycles. The van der Waals surface area contributed by atoms with E-state index in [1.807, 2.05) is 18.7 Å². The summed E-state index contributed by atoms with van der Waals surface area (Å²) in [5.41, 5.74) is 2.33. The molecule has 1 aromatic heterocycles. The summed E-state index contributed by atoms with van der Waals surface area (Å²) in [6.45, 7) is 7.09. The van der Waals surface area contributed by atoms with Crippen molar-refractivity contribution >= 4 is 17.6 Å². The third kappa shape index (κ3) is 2.85. The molecule has 0 radical (unpaired) electrons. The number of nitrogens with zero attached hydrogens (tertiary/aromatic N) is 1. The number of ether oxygens (including phenoxy) is 1. The van der Waals surface area contributed by atoms with Gasteiger partial charge in [-0.15, -0.1) is 0 Å². The lowest BCUT2D eigenvalue weighted by atomic mass is 9.73. The van der Waals surface area contributed by atoms with Crippen LogP contribution in [-0.4, -0.2) is 58.8 Å². The van der Waals surface area contributed by atoms with E-state index in [1.54, 1.807) is 0 Å². The molecule has 7 heteroatoms. The van der Waals surface area contributed by atoms with Crippen molar-refractivity contribution in [2.24, 2.45) is 17.8 Å². The maximum Gasteiger partial charge on any atom is 0.256 e. The second kappa shape index (κ2) is 6.42. The Balaban J connectivity index is 1.34. The largest absolute Gasteiger partial charge is 0.369 e. The van der Waals surface area contributed by atoms with E-state index in [0.29, 0.717) is 30.9 Å². The van der Waals surface area contributed by atoms with E-state index >= 15 is 0 Å². The Kier molecular flexibility index (Phi) is 4.18. The Morgan fingerprint density at radius 3 is 2.66 bits per heavy atom. The monoisotopic (exact) mass is 399 g/mol. The molecule has 7 nitrogen and oxygen atoms in total. The smallest absolute Gasteiger partial charge is 0.256 e. The number of aryl methyl sites for hydroxylation is 1. The lowest BCUT2D eigenvalue weighted by Gasteiger charge is -2.29. The van der Waals surface area contributed by atoms with Gasteiger partial charge in [0.1, 0.15) is 0 Å². The molecule has 0 aromatic carbocycles. The first-order chi connectivity index (χ1) is 13.8. The van der Waals surface area contributed by atoms with Gasteiger partial charge < -0.3 is 19.9 Å². The lowest BCUT2D eigenvalue weighted by Crippen LogP contribution is -2.42. The van der Waals surface area contributed by atoms with Crippen molar-refractivity contribution < 1.29 is 19.1 Å². The third-order valence-corrected chi connectivity index (χ3v) is 7.53. The standard InChI is InChI=1S/C22H29N3O4/c1-11-18(12(2)24-19(11)13(3)26)21(28)25-9-16-15(8-23-20(27)14-4-5-14)17-6-7-22(16,10-25)29-17/h14-17,24H,4-10H2,1-3H3,(H,23,27)/t15-,16+,17+,22+/m0/s1. The van der Waals surface area contributed by atoms with Gasteiger partial charge in [-0.25, -0.2) is 0 Å². The van der Waals surface area contributed by atoms with Crippen molar-refractivity contribution in [1.29, 1.82) is 0 Å². The number of H-pyrrole nitrogens is 1. The highest BCUT2D eigenvalue weighted by Gasteiger charge is 2.63. The number of amides is 2. The first kappa shape index (κ1) is 18.9. The van der Waals surface area contributed by atoms with Crippen molar-refractivity contribution in [3.8, 4) is 0 Å². The molecule has 2 bridgehead atoms. The van der Waals surface area contributed by atoms with Gasteiger partial charge in [0.25, 0.3) is 5.91 Å². The molecule has 3 saturated heterocycles. The van der Waals surface area contributed by atoms with E-state index in [9.17, 15) is 14.4 Å². The summed E-state index contributed by atoms with van der Waals surface area (Å²) in [5, 5.41) is 3.13. The molecule has 4 atom stereocenters. The number of nitrogens with one attached hydrogen (secondary N) is 2. The van der Waals surface area contributed by atoms with Crippen LogP contribution < -0.4 is 5.32 Å². The first-order valence-corrected chi connectivity index (χ1v) is 10.8. The van der Waals surface area contributed by atoms with Crippen molar-refractivity contribution in [3.05, 3.63) is 22.5 Å². The van der Waals surface area contributed by atoms with Crippen LogP contribution in [0.25, 0.3) is 0 Å². The molecule has 156 valence electrons. The number of aromatic amines is 1. The molecule has 5 rings (SSSR count). The third-order valence-electron chi connectivity index (χ3n) is 7.53. The molecular weight excluding hydrogens is 370 g/mol. The molecule has 1 aromatic rings. The second-order valence-corrected chi connectivity index (χ2v) is 9.42. The minimum absolute atomic E-state index is 0.0275. The normalized spacial score (nSPS) is 32.5. The molecule has 4 fully saturated rings. The highest BCUT2D eigenvalue weighted by Crippen LogP contribution is 2.55. The van der Waals surface area contributed by atoms with Crippen LogP contribution in [0.3, 0.4) is 0 Å². The van der Waals surface area contributed by atoms with Crippen LogP contribution in [0.5, 0.6) is 0 Å². The average molecular weight is 399 g/mol. The van der Waals surface area contributed by atoms with E-state index in [1.165, 1.54) is 6.92 Å². The maximum atomic E-state index is 13.4. The Morgan fingerprint density at radius 2 is 2.00 bits per heavy atom. The Hall–Kier alpha value is -2.15. The van der Waals surface area contributed by atoms with Gasteiger partial charge in [-0.1, -0.05) is 0 Å². The van der Waals surface area contributed by atoms with Crippen molar-refractivity contribution in [1.82, 2.24) is 15.2 Å². The molecule has 2 amide bonds. The van der Waals surface area contributed by atoms with Crippen LogP contribution in [0.4, 0.5) is 0 Å². The zero-order chi connectivity index (χ0) is 20.5. The second-order valence-electron chi connectivity index (χ2n) is 9.42. The Labute approximate surface area is 170 Å². The van der Waals surface area contributed by atoms with Crippen molar-refractivity contribution in [2.45, 2.75) is 58.2 Å². The van der Waals surface area contributed by atoms with E-state index in [0.717, 1.165) is 36.9 Å². The Morgan fingerprint density at radius 1 is 1.24 bits per heavy atom. The molecule has 4 heterocycles. The Bertz CT molecular complexity index is 902. The number of fused-ring (bicyclic) bond motifs is 1. The summed E-state index contributed by atoms with van der Waals surface area (Å²) in [7, 11) is 0. The molecule has 3 aliphatic heterocycles. The van der Waals surface area contributed by atoms with Crippen molar-refractivity contribution in [3.63, 3.8) is 0 Å². The van der Waals surface area contributed by atoms with Gasteiger partial charge in [0.05, 0.1) is 29.5 Å². The van der Waals surface area contributed by atoms with Gasteiger partial charge in [-0.2, -0.15) is 0 Å². The number of Topliss-reactive ketones (excluding diaryl/α,β-unsaturated/α-hetero) is 1. The highest BCUT2D eigenvalue weighted by atomic mass is 16.5. The van der Waals surface area contributed by atoms with Crippen molar-refractivity contribution in [2.75, 3.05) is 19.6 Å². The minimum Gasteiger partial charge on any atom is -0.369 e. The molecule has 1 aliphatic carbocycles. The molecule has 4 aliphatic rings. The van der Waals surface area contributed by atoms with Gasteiger partial charge in [-0.05, 0) is 45.1 Å². The molecule has 0 unspecified atom stereocenters. The zero-order valence-corrected chi connectivity index (χ0v) is 17.3. The minimum atomic E-state index is -0.267. The van der Waals surface area contributed by atoms with Crippen LogP contribution in [0.2, 0.25) is 0 Å². The SMILES string of the molecule is CC(=O)c1[nH]c(C)c(C(=O)N2C[C@@H]3[C@H](CNC(=O)C4CC4)[C@H]4CC[C@]3(C2)O4)c1C. The maximum absolute atomic E-state index is 13.4. The fourth-order valence-electron chi connectivity index (χ4n) is 5.91.